The van der Waals surface area contributed by atoms with Crippen molar-refractivity contribution in [2.75, 3.05) is 49.7 Å². The number of benzene rings is 1. The zero-order chi connectivity index (χ0) is 18.2. The molecule has 0 spiro atoms. The van der Waals surface area contributed by atoms with Crippen LogP contribution in [0.3, 0.4) is 0 Å². The summed E-state index contributed by atoms with van der Waals surface area (Å²) < 4.78 is 0.879. The first-order valence-corrected chi connectivity index (χ1v) is 10.1. The van der Waals surface area contributed by atoms with E-state index in [9.17, 15) is 4.79 Å². The first-order valence-electron chi connectivity index (χ1n) is 8.30. The maximum Gasteiger partial charge on any atom is 0.257 e. The van der Waals surface area contributed by atoms with Crippen molar-refractivity contribution in [3.8, 4) is 0 Å². The number of carbonyl (C=O) groups excluding carboxylic acids is 1. The van der Waals surface area contributed by atoms with E-state index >= 15 is 0 Å². The number of rotatable bonds is 9. The number of carbonyl (C=O) groups is 1. The Labute approximate surface area is 157 Å². The second-order valence-electron chi connectivity index (χ2n) is 5.65. The van der Waals surface area contributed by atoms with E-state index in [-0.39, 0.29) is 5.91 Å². The van der Waals surface area contributed by atoms with Gasteiger partial charge in [0.2, 0.25) is 5.13 Å². The molecular weight excluding hydrogens is 354 g/mol. The molecule has 1 aromatic heterocycles. The predicted octanol–water partition coefficient (Wildman–Crippen LogP) is 3.29. The van der Waals surface area contributed by atoms with E-state index in [0.29, 0.717) is 10.7 Å². The van der Waals surface area contributed by atoms with Crippen molar-refractivity contribution >= 4 is 39.8 Å². The molecule has 0 aliphatic rings. The number of hydrogen-bond donors (Lipinski definition) is 1. The van der Waals surface area contributed by atoms with Crippen LogP contribution in [0.2, 0.25) is 0 Å². The van der Waals surface area contributed by atoms with Crippen LogP contribution in [-0.2, 0) is 0 Å². The zero-order valence-corrected chi connectivity index (χ0v) is 16.8. The average Bonchev–Trinajstić information content (AvgIpc) is 3.06. The van der Waals surface area contributed by atoms with Crippen LogP contribution in [0, 0.1) is 0 Å². The molecule has 0 fully saturated rings. The highest BCUT2D eigenvalue weighted by Gasteiger charge is 2.12. The largest absolute Gasteiger partial charge is 0.378 e. The Morgan fingerprint density at radius 3 is 2.68 bits per heavy atom. The molecule has 8 heteroatoms. The van der Waals surface area contributed by atoms with Gasteiger partial charge in [-0.1, -0.05) is 43.0 Å². The zero-order valence-electron chi connectivity index (χ0n) is 15.2. The average molecular weight is 380 g/mol. The summed E-state index contributed by atoms with van der Waals surface area (Å²) in [5.41, 5.74) is 1.59. The van der Waals surface area contributed by atoms with Crippen molar-refractivity contribution in [2.45, 2.75) is 18.2 Å². The van der Waals surface area contributed by atoms with Crippen molar-refractivity contribution < 1.29 is 4.79 Å². The molecule has 2 aromatic rings. The molecule has 0 unspecified atom stereocenters. The Morgan fingerprint density at radius 2 is 2.00 bits per heavy atom. The molecule has 2 rings (SSSR count). The number of thioether (sulfide) groups is 1. The summed E-state index contributed by atoms with van der Waals surface area (Å²) in [6.07, 6.45) is 0. The first kappa shape index (κ1) is 19.7. The van der Waals surface area contributed by atoms with E-state index in [1.54, 1.807) is 17.8 Å². The van der Waals surface area contributed by atoms with Gasteiger partial charge in [-0.05, 0) is 31.3 Å². The molecule has 0 saturated heterocycles. The van der Waals surface area contributed by atoms with E-state index in [0.717, 1.165) is 35.4 Å². The Bertz CT molecular complexity index is 685. The molecule has 6 nitrogen and oxygen atoms in total. The number of anilines is 2. The molecule has 0 bridgehead atoms. The molecule has 0 aliphatic heterocycles. The fourth-order valence-electron chi connectivity index (χ4n) is 2.22. The van der Waals surface area contributed by atoms with Crippen LogP contribution < -0.4 is 10.2 Å². The molecule has 1 aromatic carbocycles. The van der Waals surface area contributed by atoms with Gasteiger partial charge in [0.25, 0.3) is 5.91 Å². The molecule has 0 saturated carbocycles. The maximum atomic E-state index is 12.4. The number of amides is 1. The van der Waals surface area contributed by atoms with Gasteiger partial charge >= 0.3 is 0 Å². The number of aromatic nitrogens is 2. The normalized spacial score (nSPS) is 10.9. The lowest BCUT2D eigenvalue weighted by Crippen LogP contribution is -2.25. The summed E-state index contributed by atoms with van der Waals surface area (Å²) in [4.78, 5) is 16.7. The van der Waals surface area contributed by atoms with E-state index in [1.165, 1.54) is 11.3 Å². The van der Waals surface area contributed by atoms with Gasteiger partial charge in [-0.2, -0.15) is 0 Å². The highest BCUT2D eigenvalue weighted by Crippen LogP contribution is 2.26. The van der Waals surface area contributed by atoms with Crippen LogP contribution in [0.4, 0.5) is 10.8 Å². The van der Waals surface area contributed by atoms with E-state index in [1.807, 2.05) is 37.2 Å². The molecule has 25 heavy (non-hydrogen) atoms. The van der Waals surface area contributed by atoms with Crippen molar-refractivity contribution in [1.29, 1.82) is 0 Å². The fraction of sp³-hybridized carbons (Fsp3) is 0.471. The van der Waals surface area contributed by atoms with Crippen molar-refractivity contribution in [3.05, 3.63) is 29.8 Å². The van der Waals surface area contributed by atoms with E-state index in [4.69, 9.17) is 0 Å². The van der Waals surface area contributed by atoms with Crippen LogP contribution in [-0.4, -0.2) is 60.5 Å². The lowest BCUT2D eigenvalue weighted by Gasteiger charge is -2.16. The van der Waals surface area contributed by atoms with Crippen molar-refractivity contribution in [2.24, 2.45) is 0 Å². The van der Waals surface area contributed by atoms with Gasteiger partial charge in [-0.3, -0.25) is 10.1 Å². The number of nitrogens with zero attached hydrogens (tertiary/aromatic N) is 4. The van der Waals surface area contributed by atoms with Gasteiger partial charge in [-0.25, -0.2) is 0 Å². The van der Waals surface area contributed by atoms with Crippen LogP contribution >= 0.6 is 23.1 Å². The van der Waals surface area contributed by atoms with Gasteiger partial charge in [0.1, 0.15) is 0 Å². The minimum atomic E-state index is -0.167. The number of hydrogen-bond acceptors (Lipinski definition) is 7. The van der Waals surface area contributed by atoms with E-state index < -0.39 is 0 Å². The highest BCUT2D eigenvalue weighted by molar-refractivity contribution is 8.01. The molecule has 0 atom stereocenters. The SMILES string of the molecule is CCN(CC)CCSc1nnc(NC(=O)c2cccc(N(C)C)c2)s1. The van der Waals surface area contributed by atoms with Crippen molar-refractivity contribution in [1.82, 2.24) is 15.1 Å². The first-order chi connectivity index (χ1) is 12.0. The van der Waals surface area contributed by atoms with Crippen LogP contribution in [0.15, 0.2) is 28.6 Å². The third kappa shape index (κ3) is 5.98. The van der Waals surface area contributed by atoms with Crippen molar-refractivity contribution in [3.63, 3.8) is 0 Å². The van der Waals surface area contributed by atoms with Gasteiger partial charge in [0.15, 0.2) is 4.34 Å². The quantitative estimate of drug-likeness (QED) is 0.533. The van der Waals surface area contributed by atoms with Crippen LogP contribution in [0.5, 0.6) is 0 Å². The van der Waals surface area contributed by atoms with Crippen LogP contribution in [0.1, 0.15) is 24.2 Å². The molecule has 136 valence electrons. The minimum Gasteiger partial charge on any atom is -0.378 e. The monoisotopic (exact) mass is 379 g/mol. The summed E-state index contributed by atoms with van der Waals surface area (Å²) in [7, 11) is 3.90. The third-order valence-corrected chi connectivity index (χ3v) is 5.73. The topological polar surface area (TPSA) is 61.4 Å². The minimum absolute atomic E-state index is 0.167. The molecule has 1 amide bonds. The lowest BCUT2D eigenvalue weighted by molar-refractivity contribution is 0.102. The Hall–Kier alpha value is -1.64. The molecule has 1 heterocycles. The second kappa shape index (κ2) is 9.74. The molecular formula is C17H25N5OS2. The Balaban J connectivity index is 1.90. The second-order valence-corrected chi connectivity index (χ2v) is 7.97. The molecule has 0 radical (unpaired) electrons. The highest BCUT2D eigenvalue weighted by atomic mass is 32.2. The van der Waals surface area contributed by atoms with E-state index in [2.05, 4.69) is 34.3 Å². The summed E-state index contributed by atoms with van der Waals surface area (Å²) in [6.45, 7) is 7.47. The lowest BCUT2D eigenvalue weighted by atomic mass is 10.2. The third-order valence-electron chi connectivity index (χ3n) is 3.78. The van der Waals surface area contributed by atoms with Gasteiger partial charge in [-0.15, -0.1) is 10.2 Å². The Morgan fingerprint density at radius 1 is 1.24 bits per heavy atom. The standard InChI is InChI=1S/C17H25N5OS2/c1-5-22(6-2)10-11-24-17-20-19-16(25-17)18-15(23)13-8-7-9-14(12-13)21(3)4/h7-9,12H,5-6,10-11H2,1-4H3,(H,18,19,23). The summed E-state index contributed by atoms with van der Waals surface area (Å²) in [5, 5.41) is 11.6. The summed E-state index contributed by atoms with van der Waals surface area (Å²) >= 11 is 3.09. The molecule has 0 aliphatic carbocycles. The van der Waals surface area contributed by atoms with Gasteiger partial charge in [0.05, 0.1) is 0 Å². The summed E-state index contributed by atoms with van der Waals surface area (Å²) in [5.74, 6) is 0.800. The smallest absolute Gasteiger partial charge is 0.257 e. The van der Waals surface area contributed by atoms with Crippen LogP contribution in [0.25, 0.3) is 0 Å². The summed E-state index contributed by atoms with van der Waals surface area (Å²) in [6, 6.07) is 7.49. The van der Waals surface area contributed by atoms with Gasteiger partial charge in [0, 0.05) is 37.6 Å². The number of nitrogens with one attached hydrogen (secondary N) is 1. The maximum absolute atomic E-state index is 12.4. The predicted molar refractivity (Wildman–Crippen MR) is 107 cm³/mol. The Kier molecular flexibility index (Phi) is 7.67. The fourth-order valence-corrected chi connectivity index (χ4v) is 4.03. The molecule has 1 N–H and O–H groups in total. The van der Waals surface area contributed by atoms with Gasteiger partial charge < -0.3 is 9.80 Å².